The Kier molecular flexibility index (Phi) is 10.4. The second kappa shape index (κ2) is 12.2. The Labute approximate surface area is 135 Å². The maximum Gasteiger partial charge on any atom is 0.220 e. The highest BCUT2D eigenvalue weighted by molar-refractivity contribution is 5.75. The second-order valence-corrected chi connectivity index (χ2v) is 6.01. The van der Waals surface area contributed by atoms with Gasteiger partial charge in [0.05, 0.1) is 6.10 Å². The van der Waals surface area contributed by atoms with E-state index in [0.717, 1.165) is 31.2 Å². The summed E-state index contributed by atoms with van der Waals surface area (Å²) in [5.41, 5.74) is 1.11. The Morgan fingerprint density at radius 3 is 2.45 bits per heavy atom. The maximum atomic E-state index is 11.7. The van der Waals surface area contributed by atoms with Crippen LogP contribution in [0, 0.1) is 0 Å². The van der Waals surface area contributed by atoms with Gasteiger partial charge in [0, 0.05) is 13.0 Å². The lowest BCUT2D eigenvalue weighted by Crippen LogP contribution is -2.22. The molecule has 0 heterocycles. The molecular formula is C19H31NO2. The molecule has 22 heavy (non-hydrogen) atoms. The van der Waals surface area contributed by atoms with Gasteiger partial charge in [-0.2, -0.15) is 0 Å². The molecule has 1 aromatic carbocycles. The first-order chi connectivity index (χ1) is 10.7. The summed E-state index contributed by atoms with van der Waals surface area (Å²) in [6.07, 6.45) is 8.73. The largest absolute Gasteiger partial charge is 0.393 e. The van der Waals surface area contributed by atoms with Crippen LogP contribution in [0.4, 0.5) is 0 Å². The normalized spacial score (nSPS) is 12.1. The third-order valence-electron chi connectivity index (χ3n) is 3.91. The summed E-state index contributed by atoms with van der Waals surface area (Å²) in [5, 5.41) is 12.8. The number of hydrogen-bond acceptors (Lipinski definition) is 2. The number of nitrogens with one attached hydrogen (secondary N) is 1. The van der Waals surface area contributed by atoms with Gasteiger partial charge in [0.15, 0.2) is 0 Å². The Hall–Kier alpha value is -1.35. The van der Waals surface area contributed by atoms with E-state index in [1.54, 1.807) is 0 Å². The maximum absolute atomic E-state index is 11.7. The SMILES string of the molecule is CCCCCCC[C@@H](O)CCCC(=O)NCc1ccccc1. The van der Waals surface area contributed by atoms with Crippen LogP contribution in [0.1, 0.15) is 70.3 Å². The zero-order valence-corrected chi connectivity index (χ0v) is 13.9. The molecule has 2 N–H and O–H groups in total. The minimum Gasteiger partial charge on any atom is -0.393 e. The first-order valence-corrected chi connectivity index (χ1v) is 8.71. The third-order valence-corrected chi connectivity index (χ3v) is 3.91. The zero-order valence-electron chi connectivity index (χ0n) is 13.9. The van der Waals surface area contributed by atoms with Crippen LogP contribution < -0.4 is 5.32 Å². The number of carbonyl (C=O) groups is 1. The van der Waals surface area contributed by atoms with Gasteiger partial charge in [-0.15, -0.1) is 0 Å². The molecule has 0 aliphatic rings. The van der Waals surface area contributed by atoms with E-state index in [9.17, 15) is 9.90 Å². The van der Waals surface area contributed by atoms with E-state index in [1.807, 2.05) is 30.3 Å². The van der Waals surface area contributed by atoms with E-state index in [2.05, 4.69) is 12.2 Å². The fourth-order valence-electron chi connectivity index (χ4n) is 2.51. The van der Waals surface area contributed by atoms with Crippen molar-refractivity contribution in [2.24, 2.45) is 0 Å². The van der Waals surface area contributed by atoms with Gasteiger partial charge in [0.25, 0.3) is 0 Å². The lowest BCUT2D eigenvalue weighted by molar-refractivity contribution is -0.121. The average molecular weight is 305 g/mol. The standard InChI is InChI=1S/C19H31NO2/c1-2-3-4-5-9-13-18(21)14-10-15-19(22)20-16-17-11-7-6-8-12-17/h6-8,11-12,18,21H,2-5,9-10,13-16H2,1H3,(H,20,22)/t18-/m1/s1. The van der Waals surface area contributed by atoms with Gasteiger partial charge < -0.3 is 10.4 Å². The average Bonchev–Trinajstić information content (AvgIpc) is 2.54. The molecule has 1 atom stereocenters. The predicted molar refractivity (Wildman–Crippen MR) is 91.5 cm³/mol. The van der Waals surface area contributed by atoms with Crippen LogP contribution in [-0.2, 0) is 11.3 Å². The van der Waals surface area contributed by atoms with Crippen LogP contribution in [0.3, 0.4) is 0 Å². The van der Waals surface area contributed by atoms with Crippen molar-refractivity contribution in [2.45, 2.75) is 77.4 Å². The van der Waals surface area contributed by atoms with Gasteiger partial charge in [0.1, 0.15) is 0 Å². The lowest BCUT2D eigenvalue weighted by atomic mass is 10.0. The third kappa shape index (κ3) is 9.56. The molecule has 124 valence electrons. The quantitative estimate of drug-likeness (QED) is 0.569. The fourth-order valence-corrected chi connectivity index (χ4v) is 2.51. The highest BCUT2D eigenvalue weighted by Gasteiger charge is 2.06. The van der Waals surface area contributed by atoms with Crippen molar-refractivity contribution in [1.82, 2.24) is 5.32 Å². The Balaban J connectivity index is 1.99. The summed E-state index contributed by atoms with van der Waals surface area (Å²) in [6, 6.07) is 9.91. The minimum atomic E-state index is -0.247. The first-order valence-electron chi connectivity index (χ1n) is 8.71. The van der Waals surface area contributed by atoms with Crippen molar-refractivity contribution in [1.29, 1.82) is 0 Å². The zero-order chi connectivity index (χ0) is 16.0. The van der Waals surface area contributed by atoms with Crippen LogP contribution >= 0.6 is 0 Å². The van der Waals surface area contributed by atoms with Crippen molar-refractivity contribution in [3.63, 3.8) is 0 Å². The molecule has 0 aliphatic carbocycles. The molecule has 1 rings (SSSR count). The highest BCUT2D eigenvalue weighted by atomic mass is 16.3. The first kappa shape index (κ1) is 18.7. The summed E-state index contributed by atoms with van der Waals surface area (Å²) in [6.45, 7) is 2.79. The molecule has 1 aromatic rings. The summed E-state index contributed by atoms with van der Waals surface area (Å²) in [4.78, 5) is 11.7. The van der Waals surface area contributed by atoms with Crippen LogP contribution in [-0.4, -0.2) is 17.1 Å². The van der Waals surface area contributed by atoms with E-state index >= 15 is 0 Å². The van der Waals surface area contributed by atoms with Gasteiger partial charge >= 0.3 is 0 Å². The second-order valence-electron chi connectivity index (χ2n) is 6.01. The van der Waals surface area contributed by atoms with E-state index in [4.69, 9.17) is 0 Å². The van der Waals surface area contributed by atoms with Crippen molar-refractivity contribution in [3.05, 3.63) is 35.9 Å². The molecule has 0 aromatic heterocycles. The van der Waals surface area contributed by atoms with E-state index in [1.165, 1.54) is 25.7 Å². The van der Waals surface area contributed by atoms with E-state index in [-0.39, 0.29) is 12.0 Å². The fraction of sp³-hybridized carbons (Fsp3) is 0.632. The number of hydrogen-bond donors (Lipinski definition) is 2. The molecule has 0 radical (unpaired) electrons. The van der Waals surface area contributed by atoms with Crippen molar-refractivity contribution in [3.8, 4) is 0 Å². The summed E-state index contributed by atoms with van der Waals surface area (Å²) >= 11 is 0. The Morgan fingerprint density at radius 1 is 1.05 bits per heavy atom. The molecule has 0 unspecified atom stereocenters. The smallest absolute Gasteiger partial charge is 0.220 e. The molecule has 0 fully saturated rings. The minimum absolute atomic E-state index is 0.0685. The molecule has 0 bridgehead atoms. The number of carbonyl (C=O) groups excluding carboxylic acids is 1. The topological polar surface area (TPSA) is 49.3 Å². The number of benzene rings is 1. The molecule has 3 nitrogen and oxygen atoms in total. The monoisotopic (exact) mass is 305 g/mol. The number of rotatable bonds is 12. The van der Waals surface area contributed by atoms with Gasteiger partial charge in [-0.05, 0) is 24.8 Å². The van der Waals surface area contributed by atoms with E-state index < -0.39 is 0 Å². The number of aliphatic hydroxyl groups excluding tert-OH is 1. The summed E-state index contributed by atoms with van der Waals surface area (Å²) in [5.74, 6) is 0.0685. The molecule has 0 saturated carbocycles. The van der Waals surface area contributed by atoms with Crippen molar-refractivity contribution >= 4 is 5.91 Å². The molecule has 0 spiro atoms. The number of amides is 1. The van der Waals surface area contributed by atoms with Gasteiger partial charge in [-0.1, -0.05) is 69.4 Å². The van der Waals surface area contributed by atoms with Gasteiger partial charge in [-0.3, -0.25) is 4.79 Å². The molecule has 1 amide bonds. The van der Waals surface area contributed by atoms with Crippen LogP contribution in [0.2, 0.25) is 0 Å². The number of unbranched alkanes of at least 4 members (excludes halogenated alkanes) is 4. The van der Waals surface area contributed by atoms with Crippen molar-refractivity contribution in [2.75, 3.05) is 0 Å². The molecule has 3 heteroatoms. The van der Waals surface area contributed by atoms with Crippen molar-refractivity contribution < 1.29 is 9.90 Å². The Morgan fingerprint density at radius 2 is 1.73 bits per heavy atom. The van der Waals surface area contributed by atoms with Crippen LogP contribution in [0.15, 0.2) is 30.3 Å². The lowest BCUT2D eigenvalue weighted by Gasteiger charge is -2.10. The Bertz CT molecular complexity index is 392. The molecule has 0 aliphatic heterocycles. The molecular weight excluding hydrogens is 274 g/mol. The van der Waals surface area contributed by atoms with Gasteiger partial charge in [-0.25, -0.2) is 0 Å². The predicted octanol–water partition coefficient (Wildman–Crippen LogP) is 4.19. The summed E-state index contributed by atoms with van der Waals surface area (Å²) < 4.78 is 0. The number of aliphatic hydroxyl groups is 1. The van der Waals surface area contributed by atoms with Crippen LogP contribution in [0.5, 0.6) is 0 Å². The van der Waals surface area contributed by atoms with Crippen LogP contribution in [0.25, 0.3) is 0 Å². The van der Waals surface area contributed by atoms with Gasteiger partial charge in [0.2, 0.25) is 5.91 Å². The summed E-state index contributed by atoms with van der Waals surface area (Å²) in [7, 11) is 0. The molecule has 0 saturated heterocycles. The van der Waals surface area contributed by atoms with E-state index in [0.29, 0.717) is 13.0 Å². The highest BCUT2D eigenvalue weighted by Crippen LogP contribution is 2.11.